The van der Waals surface area contributed by atoms with E-state index < -0.39 is 11.9 Å². The van der Waals surface area contributed by atoms with Gasteiger partial charge in [0, 0.05) is 24.9 Å². The van der Waals surface area contributed by atoms with Gasteiger partial charge in [0.25, 0.3) is 0 Å². The van der Waals surface area contributed by atoms with Gasteiger partial charge in [-0.1, -0.05) is 0 Å². The summed E-state index contributed by atoms with van der Waals surface area (Å²) in [5.74, 6) is -0.00971. The molecular weight excluding hydrogens is 385 g/mol. The van der Waals surface area contributed by atoms with Crippen LogP contribution in [0.2, 0.25) is 0 Å². The first kappa shape index (κ1) is 21.1. The van der Waals surface area contributed by atoms with Crippen molar-refractivity contribution >= 4 is 11.8 Å². The molecule has 0 aliphatic carbocycles. The van der Waals surface area contributed by atoms with Crippen molar-refractivity contribution in [3.05, 3.63) is 47.3 Å². The van der Waals surface area contributed by atoms with Crippen molar-refractivity contribution in [3.8, 4) is 11.5 Å². The smallest absolute Gasteiger partial charge is 0.496 e. The van der Waals surface area contributed by atoms with Crippen LogP contribution in [0.3, 0.4) is 0 Å². The Kier molecular flexibility index (Phi) is 5.58. The van der Waals surface area contributed by atoms with Gasteiger partial charge in [-0.25, -0.2) is 0 Å². The van der Waals surface area contributed by atoms with Crippen LogP contribution in [-0.2, 0) is 10.3 Å². The maximum atomic E-state index is 12.6. The number of methoxy groups -OCH3 is 2. The zero-order valence-electron chi connectivity index (χ0n) is 17.1. The fourth-order valence-electron chi connectivity index (χ4n) is 3.70. The van der Waals surface area contributed by atoms with Gasteiger partial charge in [-0.3, -0.25) is 0 Å². The number of fused-ring (bicyclic) bond motifs is 1. The molecule has 1 aliphatic heterocycles. The highest BCUT2D eigenvalue weighted by atomic mass is 19.4. The van der Waals surface area contributed by atoms with E-state index in [1.54, 1.807) is 13.2 Å². The topological polar surface area (TPSA) is 44.7 Å². The van der Waals surface area contributed by atoms with Crippen molar-refractivity contribution in [2.75, 3.05) is 26.1 Å². The zero-order valence-corrected chi connectivity index (χ0v) is 17.1. The third-order valence-corrected chi connectivity index (χ3v) is 5.31. The molecule has 2 atom stereocenters. The Morgan fingerprint density at radius 1 is 1.21 bits per heavy atom. The second-order valence-electron chi connectivity index (χ2n) is 7.31. The number of rotatable bonds is 6. The van der Waals surface area contributed by atoms with E-state index in [4.69, 9.17) is 9.47 Å². The van der Waals surface area contributed by atoms with Crippen LogP contribution in [0.15, 0.2) is 36.0 Å². The van der Waals surface area contributed by atoms with Crippen molar-refractivity contribution in [2.45, 2.75) is 38.7 Å². The van der Waals surface area contributed by atoms with E-state index in [-0.39, 0.29) is 11.8 Å². The van der Waals surface area contributed by atoms with Gasteiger partial charge < -0.3 is 24.1 Å². The molecule has 158 valence electrons. The van der Waals surface area contributed by atoms with Gasteiger partial charge >= 0.3 is 6.36 Å². The molecule has 0 amide bonds. The molecule has 5 nitrogen and oxygen atoms in total. The molecule has 1 unspecified atom stereocenters. The molecule has 8 heteroatoms. The van der Waals surface area contributed by atoms with Crippen molar-refractivity contribution in [1.82, 2.24) is 4.57 Å². The summed E-state index contributed by atoms with van der Waals surface area (Å²) in [6.45, 7) is 6.61. The molecule has 29 heavy (non-hydrogen) atoms. The molecule has 2 aromatic rings. The Balaban J connectivity index is 1.99. The Labute approximate surface area is 168 Å². The third-order valence-electron chi connectivity index (χ3n) is 5.31. The minimum Gasteiger partial charge on any atom is -0.496 e. The average molecular weight is 410 g/mol. The van der Waals surface area contributed by atoms with E-state index >= 15 is 0 Å². The minimum absolute atomic E-state index is 0.160. The fraction of sp³-hybridized carbons (Fsp3) is 0.429. The summed E-state index contributed by atoms with van der Waals surface area (Å²) >= 11 is 0. The number of anilines is 1. The zero-order chi connectivity index (χ0) is 21.4. The first-order valence-electron chi connectivity index (χ1n) is 9.20. The van der Waals surface area contributed by atoms with Crippen LogP contribution in [0.1, 0.15) is 38.1 Å². The molecule has 1 aromatic heterocycles. The number of benzene rings is 1. The van der Waals surface area contributed by atoms with Crippen LogP contribution < -0.4 is 14.8 Å². The lowest BCUT2D eigenvalue weighted by Crippen LogP contribution is -2.36. The molecule has 0 saturated heterocycles. The van der Waals surface area contributed by atoms with Gasteiger partial charge in [0.2, 0.25) is 0 Å². The van der Waals surface area contributed by atoms with Crippen LogP contribution in [0.5, 0.6) is 11.5 Å². The molecule has 0 spiro atoms. The number of alkyl halides is 3. The number of aromatic nitrogens is 1. The molecule has 0 fully saturated rings. The van der Waals surface area contributed by atoms with Gasteiger partial charge in [0.15, 0.2) is 0 Å². The average Bonchev–Trinajstić information content (AvgIpc) is 3.03. The van der Waals surface area contributed by atoms with Gasteiger partial charge in [-0.2, -0.15) is 0 Å². The number of nitrogens with zero attached hydrogens (tertiary/aromatic N) is 1. The van der Waals surface area contributed by atoms with E-state index in [1.165, 1.54) is 19.2 Å². The molecule has 1 aromatic carbocycles. The van der Waals surface area contributed by atoms with Gasteiger partial charge in [-0.15, -0.1) is 13.2 Å². The normalized spacial score (nSPS) is 19.8. The van der Waals surface area contributed by atoms with Crippen LogP contribution in [0, 0.1) is 0 Å². The summed E-state index contributed by atoms with van der Waals surface area (Å²) < 4.78 is 54.5. The van der Waals surface area contributed by atoms with Crippen LogP contribution in [-0.4, -0.2) is 31.8 Å². The number of hydrogen-bond donors (Lipinski definition) is 1. The van der Waals surface area contributed by atoms with Crippen molar-refractivity contribution < 1.29 is 27.4 Å². The number of nitrogens with one attached hydrogen (secondary N) is 1. The predicted molar refractivity (Wildman–Crippen MR) is 105 cm³/mol. The molecule has 0 radical (unpaired) electrons. The molecule has 1 aliphatic rings. The standard InChI is InChI=1S/C21H25F3N2O3/c1-13-10-18-17(8-9-26(18)14(2)12-27-4)25-20(13,3)16-7-6-15(11-19(16)28-5)29-21(22,23)24/h6-11,14,25H,12H2,1-5H3/t14-,20?/m0/s1. The Morgan fingerprint density at radius 3 is 2.55 bits per heavy atom. The SMILES string of the molecule is COC[C@H](C)n1ccc2c1C=C(C)C(C)(c1ccc(OC(F)(F)F)cc1OC)N2. The first-order chi connectivity index (χ1) is 13.6. The Bertz CT molecular complexity index is 920. The molecular formula is C21H25F3N2O3. The maximum absolute atomic E-state index is 12.6. The van der Waals surface area contributed by atoms with Crippen molar-refractivity contribution in [2.24, 2.45) is 0 Å². The molecule has 3 rings (SSSR count). The second-order valence-corrected chi connectivity index (χ2v) is 7.31. The van der Waals surface area contributed by atoms with Gasteiger partial charge in [-0.05, 0) is 50.6 Å². The molecule has 0 saturated carbocycles. The largest absolute Gasteiger partial charge is 0.573 e. The molecule has 1 N–H and O–H groups in total. The number of halogens is 3. The van der Waals surface area contributed by atoms with Crippen LogP contribution in [0.25, 0.3) is 6.08 Å². The summed E-state index contributed by atoms with van der Waals surface area (Å²) in [6, 6.07) is 6.29. The lowest BCUT2D eigenvalue weighted by Gasteiger charge is -2.38. The number of ether oxygens (including phenoxy) is 3. The van der Waals surface area contributed by atoms with Crippen LogP contribution in [0.4, 0.5) is 18.9 Å². The highest BCUT2D eigenvalue weighted by Gasteiger charge is 2.37. The molecule has 0 bridgehead atoms. The Morgan fingerprint density at radius 2 is 1.93 bits per heavy atom. The van der Waals surface area contributed by atoms with E-state index in [0.717, 1.165) is 17.0 Å². The van der Waals surface area contributed by atoms with Crippen LogP contribution >= 0.6 is 0 Å². The summed E-state index contributed by atoms with van der Waals surface area (Å²) in [4.78, 5) is 0. The Hall–Kier alpha value is -2.61. The van der Waals surface area contributed by atoms with E-state index in [1.807, 2.05) is 26.1 Å². The highest BCUT2D eigenvalue weighted by molar-refractivity contribution is 5.75. The van der Waals surface area contributed by atoms with Gasteiger partial charge in [0.1, 0.15) is 11.5 Å². The lowest BCUT2D eigenvalue weighted by molar-refractivity contribution is -0.274. The van der Waals surface area contributed by atoms with Crippen molar-refractivity contribution in [1.29, 1.82) is 0 Å². The highest BCUT2D eigenvalue weighted by Crippen LogP contribution is 2.45. The third kappa shape index (κ3) is 4.07. The fourth-order valence-corrected chi connectivity index (χ4v) is 3.70. The minimum atomic E-state index is -4.76. The van der Waals surface area contributed by atoms with E-state index in [0.29, 0.717) is 17.9 Å². The summed E-state index contributed by atoms with van der Waals surface area (Å²) in [5, 5.41) is 3.53. The van der Waals surface area contributed by atoms with E-state index in [9.17, 15) is 13.2 Å². The molecule has 2 heterocycles. The summed E-state index contributed by atoms with van der Waals surface area (Å²) in [5.41, 5.74) is 3.01. The monoisotopic (exact) mass is 410 g/mol. The van der Waals surface area contributed by atoms with E-state index in [2.05, 4.69) is 27.6 Å². The number of hydrogen-bond acceptors (Lipinski definition) is 4. The summed E-state index contributed by atoms with van der Waals surface area (Å²) in [6.07, 6.45) is -0.683. The first-order valence-corrected chi connectivity index (χ1v) is 9.20. The summed E-state index contributed by atoms with van der Waals surface area (Å²) in [7, 11) is 3.09. The quantitative estimate of drug-likeness (QED) is 0.698. The second kappa shape index (κ2) is 7.67. The van der Waals surface area contributed by atoms with Crippen molar-refractivity contribution in [3.63, 3.8) is 0 Å². The lowest BCUT2D eigenvalue weighted by atomic mass is 9.81. The maximum Gasteiger partial charge on any atom is 0.573 e. The predicted octanol–water partition coefficient (Wildman–Crippen LogP) is 5.35. The van der Waals surface area contributed by atoms with Gasteiger partial charge in [0.05, 0.1) is 36.7 Å².